The maximum atomic E-state index is 10.5. The van der Waals surface area contributed by atoms with Crippen molar-refractivity contribution in [2.75, 3.05) is 0 Å². The van der Waals surface area contributed by atoms with Gasteiger partial charge in [0, 0.05) is 6.04 Å². The average Bonchev–Trinajstić information content (AvgIpc) is 2.09. The van der Waals surface area contributed by atoms with Crippen molar-refractivity contribution in [3.8, 4) is 5.75 Å². The molecule has 0 aliphatic rings. The van der Waals surface area contributed by atoms with Gasteiger partial charge in [0.25, 0.3) is 0 Å². The van der Waals surface area contributed by atoms with Crippen molar-refractivity contribution in [2.24, 2.45) is 5.73 Å². The third-order valence-electron chi connectivity index (χ3n) is 2.02. The molecule has 5 heteroatoms. The smallest absolute Gasteiger partial charge is 0.305 e. The Hall–Kier alpha value is -1.26. The fourth-order valence-electron chi connectivity index (χ4n) is 1.35. The van der Waals surface area contributed by atoms with Gasteiger partial charge < -0.3 is 15.9 Å². The van der Waals surface area contributed by atoms with Crippen molar-refractivity contribution in [2.45, 2.75) is 19.4 Å². The summed E-state index contributed by atoms with van der Waals surface area (Å²) >= 11 is 5.82. The lowest BCUT2D eigenvalue weighted by atomic mass is 10.0. The van der Waals surface area contributed by atoms with Crippen molar-refractivity contribution in [3.05, 3.63) is 28.3 Å². The van der Waals surface area contributed by atoms with Crippen LogP contribution in [0.5, 0.6) is 5.75 Å². The van der Waals surface area contributed by atoms with Crippen molar-refractivity contribution in [1.82, 2.24) is 0 Å². The second kappa shape index (κ2) is 4.51. The first-order valence-electron chi connectivity index (χ1n) is 4.38. The summed E-state index contributed by atoms with van der Waals surface area (Å²) in [7, 11) is 0. The van der Waals surface area contributed by atoms with Crippen LogP contribution in [0.25, 0.3) is 0 Å². The van der Waals surface area contributed by atoms with Gasteiger partial charge in [0.1, 0.15) is 5.75 Å². The van der Waals surface area contributed by atoms with Gasteiger partial charge in [0.15, 0.2) is 0 Å². The number of aliphatic carboxylic acids is 1. The summed E-state index contributed by atoms with van der Waals surface area (Å²) in [5, 5.41) is 18.1. The third-order valence-corrected chi connectivity index (χ3v) is 2.43. The van der Waals surface area contributed by atoms with Gasteiger partial charge in [-0.05, 0) is 24.1 Å². The minimum Gasteiger partial charge on any atom is -0.506 e. The van der Waals surface area contributed by atoms with Crippen LogP contribution in [-0.4, -0.2) is 16.2 Å². The zero-order valence-corrected chi connectivity index (χ0v) is 8.95. The number of hydrogen-bond donors (Lipinski definition) is 3. The summed E-state index contributed by atoms with van der Waals surface area (Å²) in [6.07, 6.45) is -0.220. The van der Waals surface area contributed by atoms with Crippen molar-refractivity contribution >= 4 is 17.6 Å². The zero-order valence-electron chi connectivity index (χ0n) is 8.20. The molecular formula is C10H12ClNO3. The van der Waals surface area contributed by atoms with Gasteiger partial charge in [0.05, 0.1) is 11.4 Å². The highest BCUT2D eigenvalue weighted by Gasteiger charge is 2.16. The topological polar surface area (TPSA) is 83.5 Å². The van der Waals surface area contributed by atoms with E-state index in [0.29, 0.717) is 5.56 Å². The van der Waals surface area contributed by atoms with E-state index in [1.807, 2.05) is 0 Å². The average molecular weight is 230 g/mol. The SMILES string of the molecule is Cc1cc(O)c(Cl)c(C(N)CC(=O)O)c1. The van der Waals surface area contributed by atoms with Crippen LogP contribution in [0.2, 0.25) is 5.02 Å². The molecule has 4 N–H and O–H groups in total. The minimum atomic E-state index is -1.00. The van der Waals surface area contributed by atoms with Crippen LogP contribution in [0, 0.1) is 6.92 Å². The molecule has 0 bridgehead atoms. The summed E-state index contributed by atoms with van der Waals surface area (Å²) < 4.78 is 0. The molecule has 0 heterocycles. The van der Waals surface area contributed by atoms with E-state index in [1.165, 1.54) is 6.07 Å². The van der Waals surface area contributed by atoms with E-state index >= 15 is 0 Å². The number of benzene rings is 1. The van der Waals surface area contributed by atoms with E-state index in [2.05, 4.69) is 0 Å². The lowest BCUT2D eigenvalue weighted by molar-refractivity contribution is -0.137. The normalized spacial score (nSPS) is 12.5. The molecule has 0 aliphatic carbocycles. The molecule has 1 unspecified atom stereocenters. The third kappa shape index (κ3) is 2.84. The Kier molecular flexibility index (Phi) is 3.55. The molecule has 82 valence electrons. The Labute approximate surface area is 92.3 Å². The van der Waals surface area contributed by atoms with Gasteiger partial charge in [-0.15, -0.1) is 0 Å². The molecule has 0 amide bonds. The molecule has 0 saturated heterocycles. The zero-order chi connectivity index (χ0) is 11.6. The molecule has 0 fully saturated rings. The Morgan fingerprint density at radius 2 is 2.20 bits per heavy atom. The predicted octanol–water partition coefficient (Wildman–Crippen LogP) is 1.83. The van der Waals surface area contributed by atoms with E-state index in [4.69, 9.17) is 22.4 Å². The summed E-state index contributed by atoms with van der Waals surface area (Å²) in [6.45, 7) is 1.77. The van der Waals surface area contributed by atoms with Crippen LogP contribution in [0.4, 0.5) is 0 Å². The number of aromatic hydroxyl groups is 1. The van der Waals surface area contributed by atoms with Gasteiger partial charge in [-0.1, -0.05) is 17.7 Å². The van der Waals surface area contributed by atoms with E-state index in [9.17, 15) is 9.90 Å². The number of carbonyl (C=O) groups is 1. The van der Waals surface area contributed by atoms with Crippen LogP contribution >= 0.6 is 11.6 Å². The summed E-state index contributed by atoms with van der Waals surface area (Å²) in [5.74, 6) is -1.08. The van der Waals surface area contributed by atoms with Crippen molar-refractivity contribution in [1.29, 1.82) is 0 Å². The number of hydrogen-bond acceptors (Lipinski definition) is 3. The fourth-order valence-corrected chi connectivity index (χ4v) is 1.59. The first kappa shape index (κ1) is 11.8. The molecule has 0 aliphatic heterocycles. The van der Waals surface area contributed by atoms with Crippen LogP contribution in [0.1, 0.15) is 23.6 Å². The standard InChI is InChI=1S/C10H12ClNO3/c1-5-2-6(7(12)4-9(14)15)10(11)8(13)3-5/h2-3,7,13H,4,12H2,1H3,(H,14,15). The lowest BCUT2D eigenvalue weighted by Gasteiger charge is -2.13. The van der Waals surface area contributed by atoms with E-state index in [0.717, 1.165) is 5.56 Å². The summed E-state index contributed by atoms with van der Waals surface area (Å²) in [6, 6.07) is 2.47. The number of rotatable bonds is 3. The molecule has 0 radical (unpaired) electrons. The molecule has 4 nitrogen and oxygen atoms in total. The molecule has 0 spiro atoms. The molecular weight excluding hydrogens is 218 g/mol. The van der Waals surface area contributed by atoms with Gasteiger partial charge >= 0.3 is 5.97 Å². The highest BCUT2D eigenvalue weighted by molar-refractivity contribution is 6.32. The molecule has 1 aromatic rings. The second-order valence-electron chi connectivity index (χ2n) is 3.39. The molecule has 0 aromatic heterocycles. The Bertz CT molecular complexity index is 392. The van der Waals surface area contributed by atoms with Crippen LogP contribution in [0.3, 0.4) is 0 Å². The number of aryl methyl sites for hydroxylation is 1. The number of halogens is 1. The highest BCUT2D eigenvalue weighted by atomic mass is 35.5. The maximum Gasteiger partial charge on any atom is 0.305 e. The Morgan fingerprint density at radius 1 is 1.60 bits per heavy atom. The van der Waals surface area contributed by atoms with Gasteiger partial charge in [-0.3, -0.25) is 4.79 Å². The van der Waals surface area contributed by atoms with Crippen LogP contribution in [-0.2, 0) is 4.79 Å². The largest absolute Gasteiger partial charge is 0.506 e. The quantitative estimate of drug-likeness (QED) is 0.738. The van der Waals surface area contributed by atoms with E-state index < -0.39 is 12.0 Å². The number of nitrogens with two attached hydrogens (primary N) is 1. The van der Waals surface area contributed by atoms with E-state index in [-0.39, 0.29) is 17.2 Å². The molecule has 15 heavy (non-hydrogen) atoms. The van der Waals surface area contributed by atoms with Crippen molar-refractivity contribution in [3.63, 3.8) is 0 Å². The summed E-state index contributed by atoms with van der Waals surface area (Å²) in [5.41, 5.74) is 6.90. The van der Waals surface area contributed by atoms with Gasteiger partial charge in [-0.2, -0.15) is 0 Å². The maximum absolute atomic E-state index is 10.5. The highest BCUT2D eigenvalue weighted by Crippen LogP contribution is 2.32. The first-order valence-corrected chi connectivity index (χ1v) is 4.76. The predicted molar refractivity (Wildman–Crippen MR) is 57.0 cm³/mol. The molecule has 1 atom stereocenters. The van der Waals surface area contributed by atoms with Crippen LogP contribution in [0.15, 0.2) is 12.1 Å². The van der Waals surface area contributed by atoms with Crippen LogP contribution < -0.4 is 5.73 Å². The van der Waals surface area contributed by atoms with E-state index in [1.54, 1.807) is 13.0 Å². The Morgan fingerprint density at radius 3 is 2.73 bits per heavy atom. The second-order valence-corrected chi connectivity index (χ2v) is 3.77. The minimum absolute atomic E-state index is 0.0764. The monoisotopic (exact) mass is 229 g/mol. The van der Waals surface area contributed by atoms with Gasteiger partial charge in [0.2, 0.25) is 0 Å². The summed E-state index contributed by atoms with van der Waals surface area (Å²) in [4.78, 5) is 10.5. The number of carboxylic acids is 1. The lowest BCUT2D eigenvalue weighted by Crippen LogP contribution is -2.15. The number of phenols is 1. The van der Waals surface area contributed by atoms with Gasteiger partial charge in [-0.25, -0.2) is 0 Å². The first-order chi connectivity index (χ1) is 6.91. The number of phenolic OH excluding ortho intramolecular Hbond substituents is 1. The molecule has 0 saturated carbocycles. The molecule has 1 aromatic carbocycles. The Balaban J connectivity index is 3.07. The van der Waals surface area contributed by atoms with Crippen molar-refractivity contribution < 1.29 is 15.0 Å². The number of carboxylic acid groups (broad SMARTS) is 1. The fraction of sp³-hybridized carbons (Fsp3) is 0.300. The molecule has 1 rings (SSSR count).